The molecule has 0 saturated heterocycles. The molecule has 0 fully saturated rings. The summed E-state index contributed by atoms with van der Waals surface area (Å²) in [6, 6.07) is 18.1. The van der Waals surface area contributed by atoms with E-state index in [-0.39, 0.29) is 11.1 Å². The molecular formula is C18H15ClFN3. The second kappa shape index (κ2) is 6.75. The summed E-state index contributed by atoms with van der Waals surface area (Å²) < 4.78 is 13.1. The third-order valence-corrected chi connectivity index (χ3v) is 3.65. The normalized spacial score (nSPS) is 10.6. The maximum Gasteiger partial charge on any atom is 0.224 e. The molecular weight excluding hydrogens is 313 g/mol. The van der Waals surface area contributed by atoms with Crippen LogP contribution in [-0.2, 0) is 6.54 Å². The van der Waals surface area contributed by atoms with Crippen LogP contribution in [0.25, 0.3) is 11.3 Å². The summed E-state index contributed by atoms with van der Waals surface area (Å²) in [6.07, 6.45) is 0. The Hall–Kier alpha value is -2.46. The van der Waals surface area contributed by atoms with Crippen molar-refractivity contribution < 1.29 is 4.39 Å². The van der Waals surface area contributed by atoms with Gasteiger partial charge in [-0.1, -0.05) is 30.3 Å². The van der Waals surface area contributed by atoms with Crippen molar-refractivity contribution in [1.82, 2.24) is 9.97 Å². The zero-order valence-corrected chi connectivity index (χ0v) is 13.3. The van der Waals surface area contributed by atoms with E-state index in [1.165, 1.54) is 17.7 Å². The lowest BCUT2D eigenvalue weighted by Crippen LogP contribution is -2.18. The van der Waals surface area contributed by atoms with Gasteiger partial charge in [-0.25, -0.2) is 14.4 Å². The van der Waals surface area contributed by atoms with Crippen LogP contribution in [0.15, 0.2) is 60.7 Å². The van der Waals surface area contributed by atoms with Gasteiger partial charge in [0.05, 0.1) is 5.69 Å². The molecule has 5 heteroatoms. The lowest BCUT2D eigenvalue weighted by molar-refractivity contribution is 0.628. The summed E-state index contributed by atoms with van der Waals surface area (Å²) >= 11 is 6.06. The fourth-order valence-corrected chi connectivity index (χ4v) is 2.49. The van der Waals surface area contributed by atoms with Crippen molar-refractivity contribution >= 4 is 17.4 Å². The average Bonchev–Trinajstić information content (AvgIpc) is 2.56. The van der Waals surface area contributed by atoms with Gasteiger partial charge in [0.1, 0.15) is 11.6 Å². The highest BCUT2D eigenvalue weighted by atomic mass is 35.5. The first-order valence-electron chi connectivity index (χ1n) is 7.17. The summed E-state index contributed by atoms with van der Waals surface area (Å²) in [4.78, 5) is 10.5. The minimum absolute atomic E-state index is 0.168. The first-order chi connectivity index (χ1) is 11.1. The number of aromatic nitrogens is 2. The van der Waals surface area contributed by atoms with E-state index in [0.717, 1.165) is 5.56 Å². The number of benzene rings is 2. The van der Waals surface area contributed by atoms with E-state index in [1.807, 2.05) is 36.2 Å². The van der Waals surface area contributed by atoms with E-state index in [0.29, 0.717) is 18.1 Å². The second-order valence-corrected chi connectivity index (χ2v) is 5.57. The van der Waals surface area contributed by atoms with Crippen molar-refractivity contribution in [2.45, 2.75) is 6.54 Å². The standard InChI is InChI=1S/C18H15ClFN3/c1-23(12-13-5-3-2-4-6-13)17-11-16(21-18(19)22-17)14-7-9-15(20)10-8-14/h2-11H,12H2,1H3. The Morgan fingerprint density at radius 2 is 1.70 bits per heavy atom. The molecule has 0 aliphatic rings. The molecule has 0 N–H and O–H groups in total. The van der Waals surface area contributed by atoms with Crippen LogP contribution in [0.5, 0.6) is 0 Å². The lowest BCUT2D eigenvalue weighted by Gasteiger charge is -2.19. The van der Waals surface area contributed by atoms with Gasteiger partial charge in [0.25, 0.3) is 0 Å². The van der Waals surface area contributed by atoms with Gasteiger partial charge >= 0.3 is 0 Å². The topological polar surface area (TPSA) is 29.0 Å². The zero-order valence-electron chi connectivity index (χ0n) is 12.6. The van der Waals surface area contributed by atoms with E-state index < -0.39 is 0 Å². The van der Waals surface area contributed by atoms with Crippen molar-refractivity contribution in [3.63, 3.8) is 0 Å². The predicted octanol–water partition coefficient (Wildman–Crippen LogP) is 4.57. The Bertz CT molecular complexity index is 791. The molecule has 0 bridgehead atoms. The van der Waals surface area contributed by atoms with Gasteiger partial charge < -0.3 is 4.90 Å². The maximum absolute atomic E-state index is 13.1. The number of hydrogen-bond acceptors (Lipinski definition) is 3. The minimum Gasteiger partial charge on any atom is -0.355 e. The summed E-state index contributed by atoms with van der Waals surface area (Å²) in [7, 11) is 1.94. The van der Waals surface area contributed by atoms with Crippen molar-refractivity contribution in [3.8, 4) is 11.3 Å². The molecule has 3 nitrogen and oxygen atoms in total. The second-order valence-electron chi connectivity index (χ2n) is 5.23. The third-order valence-electron chi connectivity index (χ3n) is 3.48. The highest BCUT2D eigenvalue weighted by Gasteiger charge is 2.10. The molecule has 116 valence electrons. The van der Waals surface area contributed by atoms with Crippen molar-refractivity contribution in [2.24, 2.45) is 0 Å². The van der Waals surface area contributed by atoms with Crippen molar-refractivity contribution in [2.75, 3.05) is 11.9 Å². The van der Waals surface area contributed by atoms with E-state index in [9.17, 15) is 4.39 Å². The van der Waals surface area contributed by atoms with E-state index >= 15 is 0 Å². The molecule has 1 aromatic heterocycles. The molecule has 2 aromatic carbocycles. The molecule has 0 spiro atoms. The first kappa shape index (κ1) is 15.4. The highest BCUT2D eigenvalue weighted by molar-refractivity contribution is 6.28. The number of nitrogens with zero attached hydrogens (tertiary/aromatic N) is 3. The summed E-state index contributed by atoms with van der Waals surface area (Å²) in [6.45, 7) is 0.705. The van der Waals surface area contributed by atoms with E-state index in [2.05, 4.69) is 22.1 Å². The van der Waals surface area contributed by atoms with Gasteiger partial charge in [-0.05, 0) is 41.4 Å². The van der Waals surface area contributed by atoms with Crippen molar-refractivity contribution in [3.05, 3.63) is 77.3 Å². The molecule has 0 amide bonds. The Morgan fingerprint density at radius 1 is 1.00 bits per heavy atom. The van der Waals surface area contributed by atoms with Crippen LogP contribution in [0.2, 0.25) is 5.28 Å². The van der Waals surface area contributed by atoms with Gasteiger partial charge in [0, 0.05) is 25.2 Å². The largest absolute Gasteiger partial charge is 0.355 e. The number of hydrogen-bond donors (Lipinski definition) is 0. The van der Waals surface area contributed by atoms with E-state index in [1.54, 1.807) is 12.1 Å². The lowest BCUT2D eigenvalue weighted by atomic mass is 10.1. The fraction of sp³-hybridized carbons (Fsp3) is 0.111. The van der Waals surface area contributed by atoms with Crippen molar-refractivity contribution in [1.29, 1.82) is 0 Å². The number of halogens is 2. The maximum atomic E-state index is 13.1. The summed E-state index contributed by atoms with van der Waals surface area (Å²) in [5.74, 6) is 0.434. The molecule has 0 aliphatic carbocycles. The Kier molecular flexibility index (Phi) is 4.53. The molecule has 0 unspecified atom stereocenters. The zero-order chi connectivity index (χ0) is 16.2. The number of anilines is 1. The summed E-state index contributed by atoms with van der Waals surface area (Å²) in [5, 5.41) is 0.168. The third kappa shape index (κ3) is 3.85. The van der Waals surface area contributed by atoms with Gasteiger partial charge in [-0.3, -0.25) is 0 Å². The molecule has 0 aliphatic heterocycles. The smallest absolute Gasteiger partial charge is 0.224 e. The molecule has 0 radical (unpaired) electrons. The van der Waals surface area contributed by atoms with Crippen LogP contribution in [-0.4, -0.2) is 17.0 Å². The molecule has 0 saturated carbocycles. The van der Waals surface area contributed by atoms with Gasteiger partial charge in [0.15, 0.2) is 0 Å². The predicted molar refractivity (Wildman–Crippen MR) is 91.0 cm³/mol. The van der Waals surface area contributed by atoms with Crippen LogP contribution in [0.1, 0.15) is 5.56 Å². The van der Waals surface area contributed by atoms with Crippen LogP contribution in [0.3, 0.4) is 0 Å². The van der Waals surface area contributed by atoms with Crippen LogP contribution >= 0.6 is 11.6 Å². The summed E-state index contributed by atoms with van der Waals surface area (Å²) in [5.41, 5.74) is 2.64. The molecule has 0 atom stereocenters. The minimum atomic E-state index is -0.282. The number of rotatable bonds is 4. The fourth-order valence-electron chi connectivity index (χ4n) is 2.31. The monoisotopic (exact) mass is 327 g/mol. The highest BCUT2D eigenvalue weighted by Crippen LogP contribution is 2.24. The Morgan fingerprint density at radius 3 is 2.39 bits per heavy atom. The Balaban J connectivity index is 1.89. The molecule has 1 heterocycles. The SMILES string of the molecule is CN(Cc1ccccc1)c1cc(-c2ccc(F)cc2)nc(Cl)n1. The quantitative estimate of drug-likeness (QED) is 0.657. The Labute approximate surface area is 139 Å². The van der Waals surface area contributed by atoms with Gasteiger partial charge in [-0.2, -0.15) is 0 Å². The molecule has 23 heavy (non-hydrogen) atoms. The van der Waals surface area contributed by atoms with Crippen LogP contribution < -0.4 is 4.90 Å². The van der Waals surface area contributed by atoms with Gasteiger partial charge in [0.2, 0.25) is 5.28 Å². The average molecular weight is 328 g/mol. The van der Waals surface area contributed by atoms with Crippen LogP contribution in [0, 0.1) is 5.82 Å². The van der Waals surface area contributed by atoms with E-state index in [4.69, 9.17) is 11.6 Å². The van der Waals surface area contributed by atoms with Crippen LogP contribution in [0.4, 0.5) is 10.2 Å². The first-order valence-corrected chi connectivity index (χ1v) is 7.55. The van der Waals surface area contributed by atoms with Gasteiger partial charge in [-0.15, -0.1) is 0 Å². The molecule has 3 aromatic rings. The molecule has 3 rings (SSSR count).